The van der Waals surface area contributed by atoms with Crippen molar-refractivity contribution in [1.82, 2.24) is 4.98 Å². The summed E-state index contributed by atoms with van der Waals surface area (Å²) in [6.07, 6.45) is -1.97. The molecular weight excluding hydrogens is 453 g/mol. The molecule has 0 bridgehead atoms. The summed E-state index contributed by atoms with van der Waals surface area (Å²) < 4.78 is 38.6. The number of alkyl halides is 3. The number of nitrogens with zero attached hydrogens (tertiary/aromatic N) is 1. The van der Waals surface area contributed by atoms with Crippen LogP contribution in [0.5, 0.6) is 0 Å². The molecule has 3 aromatic carbocycles. The van der Waals surface area contributed by atoms with E-state index in [0.29, 0.717) is 40.9 Å². The Labute approximate surface area is 200 Å². The standard InChI is InChI=1S/C28H21F3N2O2/c29-28(30,31)21-13-11-20(12-14-21)23-5-1-2-6-24(23)27(35)33-22-15-8-19(9-16-22)10-17-26(34)25-7-3-4-18-32-25/h1-9,11-16,18H,10,17H2,(H,33,35). The number of aromatic nitrogens is 1. The molecule has 0 unspecified atom stereocenters. The third-order valence-electron chi connectivity index (χ3n) is 5.50. The zero-order valence-corrected chi connectivity index (χ0v) is 18.5. The van der Waals surface area contributed by atoms with Gasteiger partial charge in [0.05, 0.1) is 5.56 Å². The van der Waals surface area contributed by atoms with E-state index < -0.39 is 11.7 Å². The number of ketones is 1. The summed E-state index contributed by atoms with van der Waals surface area (Å²) in [5.41, 5.74) is 2.58. The summed E-state index contributed by atoms with van der Waals surface area (Å²) in [4.78, 5) is 29.2. The quantitative estimate of drug-likeness (QED) is 0.299. The Morgan fingerprint density at radius 1 is 0.800 bits per heavy atom. The first-order valence-corrected chi connectivity index (χ1v) is 10.9. The molecule has 0 saturated carbocycles. The van der Waals surface area contributed by atoms with Crippen molar-refractivity contribution in [3.8, 4) is 11.1 Å². The van der Waals surface area contributed by atoms with Crippen LogP contribution in [-0.4, -0.2) is 16.7 Å². The van der Waals surface area contributed by atoms with Gasteiger partial charge in [0.25, 0.3) is 5.91 Å². The van der Waals surface area contributed by atoms with E-state index in [4.69, 9.17) is 0 Å². The molecule has 1 N–H and O–H groups in total. The summed E-state index contributed by atoms with van der Waals surface area (Å²) in [5, 5.41) is 2.83. The summed E-state index contributed by atoms with van der Waals surface area (Å²) in [6.45, 7) is 0. The maximum Gasteiger partial charge on any atom is 0.416 e. The number of aryl methyl sites for hydroxylation is 1. The molecule has 7 heteroatoms. The molecule has 0 aliphatic heterocycles. The molecule has 4 nitrogen and oxygen atoms in total. The molecule has 1 amide bonds. The summed E-state index contributed by atoms with van der Waals surface area (Å²) in [7, 11) is 0. The number of hydrogen-bond acceptors (Lipinski definition) is 3. The monoisotopic (exact) mass is 474 g/mol. The highest BCUT2D eigenvalue weighted by Crippen LogP contribution is 2.32. The highest BCUT2D eigenvalue weighted by Gasteiger charge is 2.30. The Hall–Kier alpha value is -4.26. The average molecular weight is 474 g/mol. The number of halogens is 3. The normalized spacial score (nSPS) is 11.2. The molecule has 35 heavy (non-hydrogen) atoms. The lowest BCUT2D eigenvalue weighted by atomic mass is 9.98. The van der Waals surface area contributed by atoms with Crippen LogP contribution in [-0.2, 0) is 12.6 Å². The van der Waals surface area contributed by atoms with Crippen LogP contribution in [0.4, 0.5) is 18.9 Å². The Kier molecular flexibility index (Phi) is 7.06. The smallest absolute Gasteiger partial charge is 0.322 e. The van der Waals surface area contributed by atoms with Crippen molar-refractivity contribution >= 4 is 17.4 Å². The highest BCUT2D eigenvalue weighted by atomic mass is 19.4. The molecular formula is C28H21F3N2O2. The van der Waals surface area contributed by atoms with E-state index in [1.54, 1.807) is 60.8 Å². The third kappa shape index (κ3) is 6.00. The molecule has 176 valence electrons. The van der Waals surface area contributed by atoms with Crippen molar-refractivity contribution in [2.75, 3.05) is 5.32 Å². The van der Waals surface area contributed by atoms with Gasteiger partial charge in [0.2, 0.25) is 0 Å². The molecule has 0 fully saturated rings. The van der Waals surface area contributed by atoms with Crippen LogP contribution in [0.25, 0.3) is 11.1 Å². The van der Waals surface area contributed by atoms with Crippen molar-refractivity contribution in [3.63, 3.8) is 0 Å². The van der Waals surface area contributed by atoms with Gasteiger partial charge in [-0.3, -0.25) is 14.6 Å². The highest BCUT2D eigenvalue weighted by molar-refractivity contribution is 6.08. The number of nitrogens with one attached hydrogen (secondary N) is 1. The maximum atomic E-state index is 12.9. The summed E-state index contributed by atoms with van der Waals surface area (Å²) >= 11 is 0. The van der Waals surface area contributed by atoms with Crippen LogP contribution in [0.1, 0.15) is 38.4 Å². The van der Waals surface area contributed by atoms with Gasteiger partial charge in [-0.1, -0.05) is 48.5 Å². The molecule has 1 aromatic heterocycles. The summed E-state index contributed by atoms with van der Waals surface area (Å²) in [6, 6.07) is 23.8. The van der Waals surface area contributed by atoms with Gasteiger partial charge < -0.3 is 5.32 Å². The fourth-order valence-electron chi connectivity index (χ4n) is 3.64. The van der Waals surface area contributed by atoms with Crippen molar-refractivity contribution in [3.05, 3.63) is 120 Å². The minimum atomic E-state index is -4.42. The van der Waals surface area contributed by atoms with Crippen LogP contribution in [0.15, 0.2) is 97.2 Å². The zero-order chi connectivity index (χ0) is 24.8. The number of benzene rings is 3. The van der Waals surface area contributed by atoms with E-state index in [2.05, 4.69) is 10.3 Å². The van der Waals surface area contributed by atoms with Gasteiger partial charge in [-0.15, -0.1) is 0 Å². The van der Waals surface area contributed by atoms with Gasteiger partial charge in [-0.2, -0.15) is 13.2 Å². The predicted molar refractivity (Wildman–Crippen MR) is 128 cm³/mol. The minimum Gasteiger partial charge on any atom is -0.322 e. The fraction of sp³-hybridized carbons (Fsp3) is 0.107. The molecule has 0 atom stereocenters. The lowest BCUT2D eigenvalue weighted by Gasteiger charge is -2.12. The second-order valence-electron chi connectivity index (χ2n) is 7.91. The maximum absolute atomic E-state index is 12.9. The number of amides is 1. The van der Waals surface area contributed by atoms with Crippen molar-refractivity contribution in [2.24, 2.45) is 0 Å². The molecule has 0 saturated heterocycles. The molecule has 0 spiro atoms. The lowest BCUT2D eigenvalue weighted by Crippen LogP contribution is -2.13. The van der Waals surface area contributed by atoms with Gasteiger partial charge in [0.1, 0.15) is 5.69 Å². The zero-order valence-electron chi connectivity index (χ0n) is 18.5. The van der Waals surface area contributed by atoms with Gasteiger partial charge in [-0.25, -0.2) is 0 Å². The molecule has 4 aromatic rings. The van der Waals surface area contributed by atoms with Crippen LogP contribution in [0.3, 0.4) is 0 Å². The van der Waals surface area contributed by atoms with Crippen molar-refractivity contribution in [2.45, 2.75) is 19.0 Å². The average Bonchev–Trinajstić information content (AvgIpc) is 2.88. The first-order valence-electron chi connectivity index (χ1n) is 10.9. The molecule has 1 heterocycles. The van der Waals surface area contributed by atoms with Crippen LogP contribution in [0.2, 0.25) is 0 Å². The number of carbonyl (C=O) groups is 2. The number of rotatable bonds is 7. The van der Waals surface area contributed by atoms with Gasteiger partial charge >= 0.3 is 6.18 Å². The van der Waals surface area contributed by atoms with Gasteiger partial charge in [0.15, 0.2) is 5.78 Å². The molecule has 0 aliphatic rings. The number of carbonyl (C=O) groups excluding carboxylic acids is 2. The van der Waals surface area contributed by atoms with Gasteiger partial charge in [0, 0.05) is 23.9 Å². The second kappa shape index (κ2) is 10.3. The molecule has 4 rings (SSSR count). The molecule has 0 aliphatic carbocycles. The number of Topliss-reactive ketones (excluding diaryl/α,β-unsaturated/α-hetero) is 1. The van der Waals surface area contributed by atoms with Crippen molar-refractivity contribution in [1.29, 1.82) is 0 Å². The predicted octanol–water partition coefficient (Wildman–Crippen LogP) is 6.84. The first-order chi connectivity index (χ1) is 16.8. The van der Waals surface area contributed by atoms with E-state index in [9.17, 15) is 22.8 Å². The first kappa shape index (κ1) is 23.9. The lowest BCUT2D eigenvalue weighted by molar-refractivity contribution is -0.137. The number of pyridine rings is 1. The Morgan fingerprint density at radius 2 is 1.49 bits per heavy atom. The Morgan fingerprint density at radius 3 is 2.14 bits per heavy atom. The van der Waals surface area contributed by atoms with Crippen LogP contribution in [0, 0.1) is 0 Å². The second-order valence-corrected chi connectivity index (χ2v) is 7.91. The molecule has 0 radical (unpaired) electrons. The Bertz CT molecular complexity index is 1320. The minimum absolute atomic E-state index is 0.0390. The summed E-state index contributed by atoms with van der Waals surface area (Å²) in [5.74, 6) is -0.415. The van der Waals surface area contributed by atoms with E-state index >= 15 is 0 Å². The SMILES string of the molecule is O=C(CCc1ccc(NC(=O)c2ccccc2-c2ccc(C(F)(F)F)cc2)cc1)c1ccccn1. The largest absolute Gasteiger partial charge is 0.416 e. The van der Waals surface area contributed by atoms with E-state index in [1.807, 2.05) is 12.1 Å². The van der Waals surface area contributed by atoms with Crippen molar-refractivity contribution < 1.29 is 22.8 Å². The number of hydrogen-bond donors (Lipinski definition) is 1. The fourth-order valence-corrected chi connectivity index (χ4v) is 3.64. The van der Waals surface area contributed by atoms with Gasteiger partial charge in [-0.05, 0) is 65.6 Å². The topological polar surface area (TPSA) is 59.1 Å². The van der Waals surface area contributed by atoms with Crippen LogP contribution < -0.4 is 5.32 Å². The van der Waals surface area contributed by atoms with E-state index in [-0.39, 0.29) is 11.7 Å². The van der Waals surface area contributed by atoms with Crippen LogP contribution >= 0.6 is 0 Å². The van der Waals surface area contributed by atoms with E-state index in [1.165, 1.54) is 12.1 Å². The number of anilines is 1. The third-order valence-corrected chi connectivity index (χ3v) is 5.50. The van der Waals surface area contributed by atoms with E-state index in [0.717, 1.165) is 17.7 Å². The Balaban J connectivity index is 1.42.